The van der Waals surface area contributed by atoms with Gasteiger partial charge in [-0.1, -0.05) is 11.2 Å². The van der Waals surface area contributed by atoms with Crippen molar-refractivity contribution in [3.05, 3.63) is 68.5 Å². The highest BCUT2D eigenvalue weighted by Gasteiger charge is 2.54. The number of carbonyl (C=O) groups is 4. The molecule has 3 aromatic rings. The number of aliphatic carboxylic acids is 1. The molecule has 1 fully saturated rings. The molecule has 6 N–H and O–H groups in total. The summed E-state index contributed by atoms with van der Waals surface area (Å²) in [7, 11) is 0. The molecule has 2 amide bonds. The van der Waals surface area contributed by atoms with Gasteiger partial charge in [0.25, 0.3) is 11.8 Å². The van der Waals surface area contributed by atoms with Gasteiger partial charge in [0.15, 0.2) is 35.5 Å². The highest BCUT2D eigenvalue weighted by molar-refractivity contribution is 8.00. The fourth-order valence-corrected chi connectivity index (χ4v) is 6.73. The smallest absolute Gasteiger partial charge is 0.355 e. The Hall–Kier alpha value is -4.61. The molecule has 2 atom stereocenters. The van der Waals surface area contributed by atoms with E-state index in [1.54, 1.807) is 41.2 Å². The van der Waals surface area contributed by atoms with Crippen LogP contribution in [0.4, 0.5) is 5.13 Å². The normalized spacial score (nSPS) is 18.8. The number of thiazole rings is 2. The topological polar surface area (TPSA) is 212 Å². The first-order valence-electron chi connectivity index (χ1n) is 11.7. The number of aromatic nitrogens is 3. The Morgan fingerprint density at radius 1 is 1.12 bits per heavy atom. The number of aromatic carboxylic acids is 1. The van der Waals surface area contributed by atoms with Crippen LogP contribution in [0.5, 0.6) is 0 Å². The number of nitrogens with zero attached hydrogens (tertiary/aromatic N) is 5. The summed E-state index contributed by atoms with van der Waals surface area (Å²) in [4.78, 5) is 57.9. The maximum absolute atomic E-state index is 13.0. The van der Waals surface area contributed by atoms with Crippen molar-refractivity contribution in [2.75, 3.05) is 11.5 Å². The zero-order valence-electron chi connectivity index (χ0n) is 20.7. The third-order valence-electron chi connectivity index (χ3n) is 6.07. The van der Waals surface area contributed by atoms with Crippen molar-refractivity contribution in [1.29, 1.82) is 0 Å². The van der Waals surface area contributed by atoms with E-state index in [1.165, 1.54) is 33.9 Å². The monoisotopic (exact) mass is 614 g/mol. The van der Waals surface area contributed by atoms with Crippen LogP contribution in [0, 0.1) is 0 Å². The van der Waals surface area contributed by atoms with Gasteiger partial charge < -0.3 is 26.5 Å². The van der Waals surface area contributed by atoms with Gasteiger partial charge in [0.2, 0.25) is 0 Å². The lowest BCUT2D eigenvalue weighted by atomic mass is 10.0. The summed E-state index contributed by atoms with van der Waals surface area (Å²) >= 11 is 3.57. The van der Waals surface area contributed by atoms with Gasteiger partial charge in [-0.2, -0.15) is 0 Å². The molecular formula is C24H20N7O7S3+. The number of nitrogen functional groups attached to an aromatic ring is 1. The number of pyridine rings is 1. The number of hydrogen-bond donors (Lipinski definition) is 5. The molecule has 14 nitrogen and oxygen atoms in total. The predicted octanol–water partition coefficient (Wildman–Crippen LogP) is 0.955. The number of rotatable bonds is 9. The summed E-state index contributed by atoms with van der Waals surface area (Å²) in [6.45, 7) is 0.215. The lowest BCUT2D eigenvalue weighted by molar-refractivity contribution is -0.689. The molecule has 2 aliphatic heterocycles. The first kappa shape index (κ1) is 27.9. The Kier molecular flexibility index (Phi) is 7.82. The van der Waals surface area contributed by atoms with Gasteiger partial charge in [-0.05, 0) is 11.6 Å². The van der Waals surface area contributed by atoms with E-state index in [2.05, 4.69) is 20.4 Å². The SMILES string of the molecule is Nc1nc(/C(=N/O)C(=O)N[C@@H]2C(=O)N3C(C(=O)O)=C(C[n+]4ccc(/C=C/c5nc(C(=O)O)cs5)cc4)CS[C@H]23)cs1. The van der Waals surface area contributed by atoms with Crippen molar-refractivity contribution in [3.63, 3.8) is 0 Å². The van der Waals surface area contributed by atoms with E-state index in [0.29, 0.717) is 16.3 Å². The summed E-state index contributed by atoms with van der Waals surface area (Å²) < 4.78 is 1.77. The van der Waals surface area contributed by atoms with Crippen LogP contribution in [0.3, 0.4) is 0 Å². The molecule has 0 spiro atoms. The summed E-state index contributed by atoms with van der Waals surface area (Å²) in [6.07, 6.45) is 7.00. The lowest BCUT2D eigenvalue weighted by Crippen LogP contribution is -2.71. The number of fused-ring (bicyclic) bond motifs is 1. The van der Waals surface area contributed by atoms with Gasteiger partial charge in [0.1, 0.15) is 27.8 Å². The quantitative estimate of drug-likeness (QED) is 0.0753. The van der Waals surface area contributed by atoms with E-state index in [4.69, 9.17) is 10.8 Å². The van der Waals surface area contributed by atoms with Crippen molar-refractivity contribution in [2.45, 2.75) is 18.0 Å². The highest BCUT2D eigenvalue weighted by atomic mass is 32.2. The number of β-lactam (4-membered cyclic amide) rings is 1. The number of carboxylic acid groups (broad SMARTS) is 2. The largest absolute Gasteiger partial charge is 0.477 e. The average molecular weight is 615 g/mol. The minimum Gasteiger partial charge on any atom is -0.477 e. The molecule has 17 heteroatoms. The number of nitrogens with one attached hydrogen (secondary N) is 1. The molecule has 41 heavy (non-hydrogen) atoms. The third-order valence-corrected chi connectivity index (χ3v) is 8.89. The van der Waals surface area contributed by atoms with Crippen LogP contribution >= 0.6 is 34.4 Å². The number of thioether (sulfide) groups is 1. The van der Waals surface area contributed by atoms with Gasteiger partial charge in [-0.25, -0.2) is 24.1 Å². The second-order valence-electron chi connectivity index (χ2n) is 8.65. The van der Waals surface area contributed by atoms with Gasteiger partial charge in [-0.3, -0.25) is 14.5 Å². The zero-order chi connectivity index (χ0) is 29.3. The van der Waals surface area contributed by atoms with Crippen molar-refractivity contribution < 1.29 is 39.2 Å². The van der Waals surface area contributed by atoms with Crippen LogP contribution in [-0.2, 0) is 20.9 Å². The summed E-state index contributed by atoms with van der Waals surface area (Å²) in [5.74, 6) is -3.49. The average Bonchev–Trinajstić information content (AvgIpc) is 3.61. The molecule has 0 aromatic carbocycles. The lowest BCUT2D eigenvalue weighted by Gasteiger charge is -2.49. The van der Waals surface area contributed by atoms with Gasteiger partial charge in [-0.15, -0.1) is 34.4 Å². The Morgan fingerprint density at radius 2 is 1.85 bits per heavy atom. The number of oxime groups is 1. The molecule has 5 rings (SSSR count). The van der Waals surface area contributed by atoms with Crippen LogP contribution < -0.4 is 15.6 Å². The molecule has 0 aliphatic carbocycles. The van der Waals surface area contributed by atoms with E-state index in [-0.39, 0.29) is 28.8 Å². The van der Waals surface area contributed by atoms with Gasteiger partial charge >= 0.3 is 11.9 Å². The third kappa shape index (κ3) is 5.67. The second-order valence-corrected chi connectivity index (χ2v) is 11.5. The number of carboxylic acids is 2. The van der Waals surface area contributed by atoms with E-state index in [1.807, 2.05) is 0 Å². The highest BCUT2D eigenvalue weighted by Crippen LogP contribution is 2.40. The van der Waals surface area contributed by atoms with Gasteiger partial charge in [0, 0.05) is 34.2 Å². The predicted molar refractivity (Wildman–Crippen MR) is 149 cm³/mol. The molecule has 0 unspecified atom stereocenters. The Morgan fingerprint density at radius 3 is 2.46 bits per heavy atom. The minimum atomic E-state index is -1.26. The van der Waals surface area contributed by atoms with Crippen LogP contribution in [0.25, 0.3) is 12.2 Å². The number of nitrogens with two attached hydrogens (primary N) is 1. The minimum absolute atomic E-state index is 0.0185. The van der Waals surface area contributed by atoms with Gasteiger partial charge in [0.05, 0.1) is 0 Å². The Labute approximate surface area is 243 Å². The van der Waals surface area contributed by atoms with Crippen molar-refractivity contribution in [3.8, 4) is 0 Å². The van der Waals surface area contributed by atoms with E-state index >= 15 is 0 Å². The number of hydrogen-bond acceptors (Lipinski definition) is 12. The Balaban J connectivity index is 1.26. The standard InChI is InChI=1S/C24H19N7O7S3/c25-24-27-13(9-41-24)16(29-38)19(32)28-17-20(33)31-18(23(36)37)12(8-40-21(17)31)7-30-5-3-11(4-6-30)1-2-15-26-14(10-39-15)22(34)35/h1-6,9-10,17,21H,7-8H2,(H5-,25,27,28,32,34,35,36,37,38)/p+1/b2-1+/t17-,21-/m1/s1. The summed E-state index contributed by atoms with van der Waals surface area (Å²) in [6, 6.07) is 2.59. The first-order valence-corrected chi connectivity index (χ1v) is 14.5. The molecule has 2 aliphatic rings. The molecular weight excluding hydrogens is 595 g/mol. The van der Waals surface area contributed by atoms with Crippen LogP contribution in [-0.4, -0.2) is 76.9 Å². The van der Waals surface area contributed by atoms with E-state index in [9.17, 15) is 29.5 Å². The van der Waals surface area contributed by atoms with Crippen molar-refractivity contribution in [2.24, 2.45) is 5.16 Å². The van der Waals surface area contributed by atoms with Crippen molar-refractivity contribution >= 4 is 81.2 Å². The second kappa shape index (κ2) is 11.5. The molecule has 210 valence electrons. The molecule has 0 radical (unpaired) electrons. The van der Waals surface area contributed by atoms with E-state index in [0.717, 1.165) is 21.8 Å². The molecule has 0 saturated carbocycles. The fourth-order valence-electron chi connectivity index (χ4n) is 4.16. The Bertz CT molecular complexity index is 1640. The number of carbonyl (C=O) groups excluding carboxylic acids is 2. The van der Waals surface area contributed by atoms with Crippen LogP contribution in [0.2, 0.25) is 0 Å². The molecule has 5 heterocycles. The zero-order valence-corrected chi connectivity index (χ0v) is 23.2. The molecule has 3 aromatic heterocycles. The van der Waals surface area contributed by atoms with Crippen LogP contribution in [0.15, 0.2) is 51.7 Å². The number of amides is 2. The fraction of sp³-hybridized carbons (Fsp3) is 0.167. The number of anilines is 1. The summed E-state index contributed by atoms with van der Waals surface area (Å²) in [5.41, 5.74) is 6.40. The van der Waals surface area contributed by atoms with E-state index < -0.39 is 40.9 Å². The first-order chi connectivity index (χ1) is 19.7. The molecule has 0 bridgehead atoms. The van der Waals surface area contributed by atoms with Crippen LogP contribution in [0.1, 0.15) is 26.8 Å². The maximum atomic E-state index is 13.0. The molecule has 1 saturated heterocycles. The maximum Gasteiger partial charge on any atom is 0.355 e. The van der Waals surface area contributed by atoms with Crippen molar-refractivity contribution in [1.82, 2.24) is 20.2 Å². The summed E-state index contributed by atoms with van der Waals surface area (Å²) in [5, 5.41) is 36.7.